The highest BCUT2D eigenvalue weighted by atomic mass is 16.2. The lowest BCUT2D eigenvalue weighted by molar-refractivity contribution is -0.114. The number of pyridine rings is 1. The van der Waals surface area contributed by atoms with Crippen molar-refractivity contribution in [3.8, 4) is 5.69 Å². The van der Waals surface area contributed by atoms with Gasteiger partial charge >= 0.3 is 0 Å². The van der Waals surface area contributed by atoms with E-state index in [1.165, 1.54) is 6.20 Å². The Bertz CT molecular complexity index is 1140. The van der Waals surface area contributed by atoms with E-state index >= 15 is 0 Å². The Morgan fingerprint density at radius 1 is 1.11 bits per heavy atom. The molecule has 27 heavy (non-hydrogen) atoms. The highest BCUT2D eigenvalue weighted by Crippen LogP contribution is 2.14. The van der Waals surface area contributed by atoms with Crippen LogP contribution in [0.15, 0.2) is 65.7 Å². The van der Waals surface area contributed by atoms with Gasteiger partial charge in [-0.15, -0.1) is 0 Å². The van der Waals surface area contributed by atoms with Gasteiger partial charge in [-0.2, -0.15) is 10.1 Å². The highest BCUT2D eigenvalue weighted by molar-refractivity contribution is 5.92. The number of hydrogen-bond donors (Lipinski definition) is 3. The maximum Gasteiger partial charge on any atom is 0.263 e. The summed E-state index contributed by atoms with van der Waals surface area (Å²) in [5.41, 5.74) is 0.844. The van der Waals surface area contributed by atoms with Crippen LogP contribution in [-0.2, 0) is 4.79 Å². The van der Waals surface area contributed by atoms with Gasteiger partial charge in [0.15, 0.2) is 5.65 Å². The second-order valence-electron chi connectivity index (χ2n) is 5.66. The maximum absolute atomic E-state index is 12.3. The molecule has 0 fully saturated rings. The molecule has 134 valence electrons. The van der Waals surface area contributed by atoms with E-state index in [9.17, 15) is 9.59 Å². The summed E-state index contributed by atoms with van der Waals surface area (Å²) < 4.78 is 1.57. The van der Waals surface area contributed by atoms with Crippen LogP contribution in [0.5, 0.6) is 0 Å². The van der Waals surface area contributed by atoms with Crippen molar-refractivity contribution in [2.45, 2.75) is 0 Å². The van der Waals surface area contributed by atoms with Gasteiger partial charge in [0.25, 0.3) is 5.56 Å². The van der Waals surface area contributed by atoms with Crippen LogP contribution in [0.2, 0.25) is 0 Å². The maximum atomic E-state index is 12.3. The zero-order valence-corrected chi connectivity index (χ0v) is 14.1. The van der Waals surface area contributed by atoms with Crippen LogP contribution < -0.4 is 16.2 Å². The molecule has 9 heteroatoms. The quantitative estimate of drug-likeness (QED) is 0.496. The number of nitrogens with one attached hydrogen (secondary N) is 3. The molecule has 0 bridgehead atoms. The van der Waals surface area contributed by atoms with Crippen LogP contribution >= 0.6 is 0 Å². The molecular weight excluding hydrogens is 346 g/mol. The SMILES string of the molecule is O=C(CNc1nc2c(cnn2-c2ccccc2)c(=O)[nH]1)Nc1ccccn1. The molecule has 4 rings (SSSR count). The average Bonchev–Trinajstić information content (AvgIpc) is 3.12. The van der Waals surface area contributed by atoms with E-state index in [4.69, 9.17) is 0 Å². The first-order chi connectivity index (χ1) is 13.2. The Hall–Kier alpha value is -4.01. The number of hydrogen-bond acceptors (Lipinski definition) is 6. The number of amides is 1. The van der Waals surface area contributed by atoms with E-state index in [0.29, 0.717) is 16.9 Å². The molecule has 0 radical (unpaired) electrons. The fourth-order valence-corrected chi connectivity index (χ4v) is 2.55. The van der Waals surface area contributed by atoms with E-state index in [-0.39, 0.29) is 24.0 Å². The second-order valence-corrected chi connectivity index (χ2v) is 5.66. The third-order valence-corrected chi connectivity index (χ3v) is 3.79. The van der Waals surface area contributed by atoms with Crippen molar-refractivity contribution in [2.24, 2.45) is 0 Å². The lowest BCUT2D eigenvalue weighted by Crippen LogP contribution is -2.24. The lowest BCUT2D eigenvalue weighted by Gasteiger charge is -2.07. The van der Waals surface area contributed by atoms with E-state index in [0.717, 1.165) is 5.69 Å². The first-order valence-corrected chi connectivity index (χ1v) is 8.19. The molecular formula is C18H15N7O2. The molecule has 0 aliphatic heterocycles. The van der Waals surface area contributed by atoms with Crippen LogP contribution in [0.4, 0.5) is 11.8 Å². The third-order valence-electron chi connectivity index (χ3n) is 3.79. The molecule has 0 spiro atoms. The summed E-state index contributed by atoms with van der Waals surface area (Å²) in [5, 5.41) is 10.1. The van der Waals surface area contributed by atoms with E-state index in [1.54, 1.807) is 29.1 Å². The van der Waals surface area contributed by atoms with Crippen molar-refractivity contribution >= 4 is 28.7 Å². The van der Waals surface area contributed by atoms with Gasteiger partial charge < -0.3 is 10.6 Å². The molecule has 0 saturated carbocycles. The molecule has 1 amide bonds. The van der Waals surface area contributed by atoms with Crippen LogP contribution in [-0.4, -0.2) is 37.2 Å². The number of aromatic nitrogens is 5. The topological polar surface area (TPSA) is 118 Å². The van der Waals surface area contributed by atoms with E-state index < -0.39 is 0 Å². The zero-order chi connectivity index (χ0) is 18.6. The number of para-hydroxylation sites is 1. The van der Waals surface area contributed by atoms with Gasteiger partial charge in [-0.1, -0.05) is 24.3 Å². The van der Waals surface area contributed by atoms with Gasteiger partial charge in [0, 0.05) is 6.20 Å². The Morgan fingerprint density at radius 3 is 2.70 bits per heavy atom. The van der Waals surface area contributed by atoms with Gasteiger partial charge in [-0.05, 0) is 24.3 Å². The molecule has 0 unspecified atom stereocenters. The van der Waals surface area contributed by atoms with Crippen molar-refractivity contribution in [1.82, 2.24) is 24.7 Å². The minimum Gasteiger partial charge on any atom is -0.347 e. The molecule has 0 aliphatic carbocycles. The number of fused-ring (bicyclic) bond motifs is 1. The summed E-state index contributed by atoms with van der Waals surface area (Å²) in [6.07, 6.45) is 3.05. The van der Waals surface area contributed by atoms with E-state index in [1.807, 2.05) is 30.3 Å². The number of nitrogens with zero attached hydrogens (tertiary/aromatic N) is 4. The smallest absolute Gasteiger partial charge is 0.263 e. The monoisotopic (exact) mass is 361 g/mol. The standard InChI is InChI=1S/C18H15N7O2/c26-15(22-14-8-4-5-9-19-14)11-20-18-23-16-13(17(27)24-18)10-21-25(16)12-6-2-1-3-7-12/h1-10H,11H2,(H,19,22,26)(H2,20,23,24,27). The van der Waals surface area contributed by atoms with E-state index in [2.05, 4.69) is 30.7 Å². The number of aromatic amines is 1. The molecule has 3 heterocycles. The normalized spacial score (nSPS) is 10.7. The van der Waals surface area contributed by atoms with Gasteiger partial charge in [0.1, 0.15) is 11.2 Å². The fraction of sp³-hybridized carbons (Fsp3) is 0.0556. The molecule has 0 saturated heterocycles. The average molecular weight is 361 g/mol. The Kier molecular flexibility index (Phi) is 4.32. The van der Waals surface area contributed by atoms with Crippen LogP contribution in [0, 0.1) is 0 Å². The summed E-state index contributed by atoms with van der Waals surface area (Å²) in [5.74, 6) is 0.317. The van der Waals surface area contributed by atoms with Crippen molar-refractivity contribution in [3.05, 3.63) is 71.3 Å². The lowest BCUT2D eigenvalue weighted by atomic mass is 10.3. The molecule has 0 aliphatic rings. The molecule has 3 N–H and O–H groups in total. The van der Waals surface area contributed by atoms with Crippen LogP contribution in [0.1, 0.15) is 0 Å². The summed E-state index contributed by atoms with van der Waals surface area (Å²) in [7, 11) is 0. The van der Waals surface area contributed by atoms with Gasteiger partial charge in [0.2, 0.25) is 11.9 Å². The molecule has 9 nitrogen and oxygen atoms in total. The highest BCUT2D eigenvalue weighted by Gasteiger charge is 2.12. The number of carbonyl (C=O) groups excluding carboxylic acids is 1. The Labute approximate surface area is 153 Å². The number of carbonyl (C=O) groups is 1. The van der Waals surface area contributed by atoms with Gasteiger partial charge in [-0.3, -0.25) is 14.6 Å². The molecule has 1 aromatic carbocycles. The van der Waals surface area contributed by atoms with Crippen molar-refractivity contribution in [2.75, 3.05) is 17.2 Å². The number of rotatable bonds is 5. The van der Waals surface area contributed by atoms with Crippen molar-refractivity contribution in [1.29, 1.82) is 0 Å². The Morgan fingerprint density at radius 2 is 1.93 bits per heavy atom. The van der Waals surface area contributed by atoms with Crippen LogP contribution in [0.25, 0.3) is 16.7 Å². The summed E-state index contributed by atoms with van der Waals surface area (Å²) >= 11 is 0. The number of benzene rings is 1. The first kappa shape index (κ1) is 16.5. The van der Waals surface area contributed by atoms with Crippen LogP contribution in [0.3, 0.4) is 0 Å². The van der Waals surface area contributed by atoms with Gasteiger partial charge in [-0.25, -0.2) is 9.67 Å². The van der Waals surface area contributed by atoms with Crippen molar-refractivity contribution < 1.29 is 4.79 Å². The largest absolute Gasteiger partial charge is 0.347 e. The summed E-state index contributed by atoms with van der Waals surface area (Å²) in [4.78, 5) is 35.3. The second kappa shape index (κ2) is 7.08. The number of anilines is 2. The minimum absolute atomic E-state index is 0.0789. The third kappa shape index (κ3) is 3.52. The molecule has 0 atom stereocenters. The molecule has 3 aromatic heterocycles. The Balaban J connectivity index is 1.56. The van der Waals surface area contributed by atoms with Gasteiger partial charge in [0.05, 0.1) is 18.4 Å². The summed E-state index contributed by atoms with van der Waals surface area (Å²) in [6, 6.07) is 14.6. The predicted molar refractivity (Wildman–Crippen MR) is 101 cm³/mol. The zero-order valence-electron chi connectivity index (χ0n) is 14.1. The summed E-state index contributed by atoms with van der Waals surface area (Å²) in [6.45, 7) is -0.0789. The molecule has 4 aromatic rings. The van der Waals surface area contributed by atoms with Crippen molar-refractivity contribution in [3.63, 3.8) is 0 Å². The number of H-pyrrole nitrogens is 1. The fourth-order valence-electron chi connectivity index (χ4n) is 2.55. The minimum atomic E-state index is -0.338. The predicted octanol–water partition coefficient (Wildman–Crippen LogP) is 1.55. The first-order valence-electron chi connectivity index (χ1n) is 8.19.